The first kappa shape index (κ1) is 17.6. The highest BCUT2D eigenvalue weighted by atomic mass is 35.5. The van der Waals surface area contributed by atoms with Gasteiger partial charge in [-0.1, -0.05) is 13.3 Å². The average molecular weight is 342 g/mol. The van der Waals surface area contributed by atoms with Crippen molar-refractivity contribution in [3.63, 3.8) is 0 Å². The Labute approximate surface area is 141 Å². The number of methoxy groups -OCH3 is 1. The Hall–Kier alpha value is -1.76. The third-order valence-corrected chi connectivity index (χ3v) is 3.78. The molecule has 0 unspecified atom stereocenters. The first-order valence-corrected chi connectivity index (χ1v) is 8.44. The van der Waals surface area contributed by atoms with Crippen molar-refractivity contribution in [3.8, 4) is 12.0 Å². The summed E-state index contributed by atoms with van der Waals surface area (Å²) < 4.78 is 13.0. The Morgan fingerprint density at radius 1 is 1.26 bits per heavy atom. The van der Waals surface area contributed by atoms with E-state index in [9.17, 15) is 0 Å². The van der Waals surface area contributed by atoms with Gasteiger partial charge in [-0.3, -0.25) is 4.57 Å². The predicted octanol–water partition coefficient (Wildman–Crippen LogP) is 3.00. The minimum atomic E-state index is 0.0337. The van der Waals surface area contributed by atoms with Crippen LogP contribution in [0.3, 0.4) is 0 Å². The molecule has 0 aromatic carbocycles. The molecule has 8 heteroatoms. The molecule has 23 heavy (non-hydrogen) atoms. The number of alkyl halides is 1. The smallest absolute Gasteiger partial charge is 0.320 e. The molecule has 1 atom stereocenters. The number of ether oxygens (including phenoxy) is 2. The predicted molar refractivity (Wildman–Crippen MR) is 91.2 cm³/mol. The summed E-state index contributed by atoms with van der Waals surface area (Å²) in [7, 11) is 1.57. The Morgan fingerprint density at radius 2 is 2.04 bits per heavy atom. The number of hydrogen-bond donors (Lipinski definition) is 1. The number of hydrogen-bond acceptors (Lipinski definition) is 6. The largest absolute Gasteiger partial charge is 0.468 e. The number of fused-ring (bicyclic) bond motifs is 1. The van der Waals surface area contributed by atoms with Crippen molar-refractivity contribution in [2.45, 2.75) is 52.2 Å². The Balaban J connectivity index is 2.36. The van der Waals surface area contributed by atoms with Crippen molar-refractivity contribution >= 4 is 28.6 Å². The second-order valence-electron chi connectivity index (χ2n) is 5.43. The van der Waals surface area contributed by atoms with Gasteiger partial charge in [0.2, 0.25) is 0 Å². The summed E-state index contributed by atoms with van der Waals surface area (Å²) in [6, 6.07) is 0.742. The van der Waals surface area contributed by atoms with Gasteiger partial charge in [-0.25, -0.2) is 0 Å². The SMILES string of the molecule is CCC[C@H](C)Oc1nc(N)c2nc(OC)n(CCCCCl)c2n1. The van der Waals surface area contributed by atoms with Crippen LogP contribution in [0.15, 0.2) is 0 Å². The number of imidazole rings is 1. The summed E-state index contributed by atoms with van der Waals surface area (Å²) in [6.07, 6.45) is 3.80. The standard InChI is InChI=1S/C15H24ClN5O2/c1-4-7-10(2)23-14-19-12(17)11-13(20-14)21(9-6-5-8-16)15(18-11)22-3/h10H,4-9H2,1-3H3,(H2,17,19,20)/t10-/m0/s1. The number of unbranched alkanes of at least 4 members (excludes halogenated alkanes) is 1. The fourth-order valence-corrected chi connectivity index (χ4v) is 2.59. The van der Waals surface area contributed by atoms with Gasteiger partial charge in [-0.2, -0.15) is 15.0 Å². The summed E-state index contributed by atoms with van der Waals surface area (Å²) in [4.78, 5) is 13.0. The Bertz CT molecular complexity index is 646. The van der Waals surface area contributed by atoms with Gasteiger partial charge in [-0.15, -0.1) is 11.6 Å². The lowest BCUT2D eigenvalue weighted by molar-refractivity contribution is 0.193. The van der Waals surface area contributed by atoms with Crippen molar-refractivity contribution in [1.82, 2.24) is 19.5 Å². The van der Waals surface area contributed by atoms with Crippen LogP contribution in [0.4, 0.5) is 5.82 Å². The number of nitrogens with two attached hydrogens (primary N) is 1. The number of aryl methyl sites for hydroxylation is 1. The quantitative estimate of drug-likeness (QED) is 0.557. The molecule has 0 fully saturated rings. The first-order valence-electron chi connectivity index (χ1n) is 7.91. The zero-order valence-corrected chi connectivity index (χ0v) is 14.6. The molecule has 0 aliphatic carbocycles. The molecule has 0 aliphatic rings. The molecular weight excluding hydrogens is 318 g/mol. The third-order valence-electron chi connectivity index (χ3n) is 3.52. The maximum atomic E-state index is 6.01. The second kappa shape index (κ2) is 8.19. The topological polar surface area (TPSA) is 88.1 Å². The van der Waals surface area contributed by atoms with Gasteiger partial charge in [-0.05, 0) is 26.2 Å². The highest BCUT2D eigenvalue weighted by Gasteiger charge is 2.18. The van der Waals surface area contributed by atoms with Gasteiger partial charge in [0.05, 0.1) is 13.2 Å². The molecule has 7 nitrogen and oxygen atoms in total. The van der Waals surface area contributed by atoms with Gasteiger partial charge in [0.1, 0.15) is 0 Å². The molecule has 0 aliphatic heterocycles. The van der Waals surface area contributed by atoms with Crippen LogP contribution in [0.2, 0.25) is 0 Å². The molecule has 2 N–H and O–H groups in total. The van der Waals surface area contributed by atoms with Crippen LogP contribution >= 0.6 is 11.6 Å². The van der Waals surface area contributed by atoms with Crippen LogP contribution in [0.5, 0.6) is 12.0 Å². The van der Waals surface area contributed by atoms with Crippen LogP contribution in [-0.4, -0.2) is 38.6 Å². The van der Waals surface area contributed by atoms with Crippen molar-refractivity contribution in [2.75, 3.05) is 18.7 Å². The third kappa shape index (κ3) is 4.16. The second-order valence-corrected chi connectivity index (χ2v) is 5.80. The molecule has 128 valence electrons. The molecule has 2 aromatic rings. The van der Waals surface area contributed by atoms with Gasteiger partial charge >= 0.3 is 6.01 Å². The van der Waals surface area contributed by atoms with E-state index in [0.29, 0.717) is 35.4 Å². The van der Waals surface area contributed by atoms with Crippen LogP contribution in [-0.2, 0) is 6.54 Å². The van der Waals surface area contributed by atoms with E-state index in [1.807, 2.05) is 11.5 Å². The van der Waals surface area contributed by atoms with Gasteiger partial charge in [0.15, 0.2) is 17.0 Å². The van der Waals surface area contributed by atoms with E-state index in [1.165, 1.54) is 0 Å². The first-order chi connectivity index (χ1) is 11.1. The Morgan fingerprint density at radius 3 is 2.70 bits per heavy atom. The minimum absolute atomic E-state index is 0.0337. The summed E-state index contributed by atoms with van der Waals surface area (Å²) in [5.74, 6) is 0.915. The molecule has 0 radical (unpaired) electrons. The average Bonchev–Trinajstić information content (AvgIpc) is 2.86. The van der Waals surface area contributed by atoms with Crippen molar-refractivity contribution in [1.29, 1.82) is 0 Å². The van der Waals surface area contributed by atoms with Crippen molar-refractivity contribution < 1.29 is 9.47 Å². The van der Waals surface area contributed by atoms with Crippen molar-refractivity contribution in [3.05, 3.63) is 0 Å². The van der Waals surface area contributed by atoms with Gasteiger partial charge < -0.3 is 15.2 Å². The molecule has 0 saturated carbocycles. The summed E-state index contributed by atoms with van der Waals surface area (Å²) in [5.41, 5.74) is 7.17. The van der Waals surface area contributed by atoms with Crippen LogP contribution < -0.4 is 15.2 Å². The van der Waals surface area contributed by atoms with Gasteiger partial charge in [0, 0.05) is 12.4 Å². The van der Waals surface area contributed by atoms with E-state index in [0.717, 1.165) is 25.7 Å². The fourth-order valence-electron chi connectivity index (χ4n) is 2.40. The van der Waals surface area contributed by atoms with Crippen LogP contribution in [0.25, 0.3) is 11.2 Å². The monoisotopic (exact) mass is 341 g/mol. The van der Waals surface area contributed by atoms with E-state index >= 15 is 0 Å². The van der Waals surface area contributed by atoms with E-state index in [-0.39, 0.29) is 12.1 Å². The molecule has 0 bridgehead atoms. The van der Waals surface area contributed by atoms with Crippen molar-refractivity contribution in [2.24, 2.45) is 0 Å². The van der Waals surface area contributed by atoms with E-state index in [1.54, 1.807) is 7.11 Å². The lowest BCUT2D eigenvalue weighted by Crippen LogP contribution is -2.14. The summed E-state index contributed by atoms with van der Waals surface area (Å²) >= 11 is 5.75. The number of halogens is 1. The van der Waals surface area contributed by atoms with Gasteiger partial charge in [0.25, 0.3) is 6.01 Å². The molecule has 2 aromatic heterocycles. The minimum Gasteiger partial charge on any atom is -0.468 e. The Kier molecular flexibility index (Phi) is 6.27. The van der Waals surface area contributed by atoms with E-state index in [2.05, 4.69) is 21.9 Å². The molecule has 2 rings (SSSR count). The zero-order valence-electron chi connectivity index (χ0n) is 13.9. The maximum Gasteiger partial charge on any atom is 0.320 e. The molecule has 0 spiro atoms. The van der Waals surface area contributed by atoms with Crippen LogP contribution in [0.1, 0.15) is 39.5 Å². The lowest BCUT2D eigenvalue weighted by Gasteiger charge is -2.12. The van der Waals surface area contributed by atoms with E-state index in [4.69, 9.17) is 26.8 Å². The number of aromatic nitrogens is 4. The highest BCUT2D eigenvalue weighted by Crippen LogP contribution is 2.26. The molecule has 0 saturated heterocycles. The number of nitrogens with zero attached hydrogens (tertiary/aromatic N) is 4. The highest BCUT2D eigenvalue weighted by molar-refractivity contribution is 6.17. The molecular formula is C15H24ClN5O2. The normalized spacial score (nSPS) is 12.5. The molecule has 2 heterocycles. The number of nitrogen functional groups attached to an aromatic ring is 1. The zero-order chi connectivity index (χ0) is 16.8. The fraction of sp³-hybridized carbons (Fsp3) is 0.667. The maximum absolute atomic E-state index is 6.01. The number of rotatable bonds is 9. The summed E-state index contributed by atoms with van der Waals surface area (Å²) in [5, 5.41) is 0. The number of anilines is 1. The molecule has 0 amide bonds. The summed E-state index contributed by atoms with van der Waals surface area (Å²) in [6.45, 7) is 4.80. The lowest BCUT2D eigenvalue weighted by atomic mass is 10.2. The van der Waals surface area contributed by atoms with E-state index < -0.39 is 0 Å². The van der Waals surface area contributed by atoms with Crippen LogP contribution in [0, 0.1) is 0 Å².